The number of nitrogens with one attached hydrogen (secondary N) is 1. The zero-order valence-electron chi connectivity index (χ0n) is 11.5. The Hall–Kier alpha value is 0.270. The molecule has 2 aliphatic heterocycles. The van der Waals surface area contributed by atoms with Gasteiger partial charge in [0.2, 0.25) is 0 Å². The molecule has 0 saturated carbocycles. The van der Waals surface area contributed by atoms with Gasteiger partial charge in [-0.05, 0) is 57.2 Å². The van der Waals surface area contributed by atoms with Gasteiger partial charge in [0.1, 0.15) is 0 Å². The Morgan fingerprint density at radius 1 is 1.47 bits per heavy atom. The number of hydrogen-bond acceptors (Lipinski definition) is 3. The molecule has 0 aromatic heterocycles. The summed E-state index contributed by atoms with van der Waals surface area (Å²) in [5.74, 6) is 4.23. The minimum absolute atomic E-state index is 0.255. The van der Waals surface area contributed by atoms with Crippen molar-refractivity contribution in [2.45, 2.75) is 51.2 Å². The average Bonchev–Trinajstić information content (AvgIpc) is 2.77. The van der Waals surface area contributed by atoms with Crippen LogP contribution in [0.25, 0.3) is 0 Å². The highest BCUT2D eigenvalue weighted by Crippen LogP contribution is 2.43. The van der Waals surface area contributed by atoms with Gasteiger partial charge in [0.05, 0.1) is 5.60 Å². The molecule has 1 spiro atoms. The van der Waals surface area contributed by atoms with Gasteiger partial charge in [0, 0.05) is 18.4 Å². The maximum Gasteiger partial charge on any atom is 0.0783 e. The predicted octanol–water partition coefficient (Wildman–Crippen LogP) is 2.92. The third-order valence-electron chi connectivity index (χ3n) is 4.62. The number of thioether (sulfide) groups is 1. The topological polar surface area (TPSA) is 21.3 Å². The standard InChI is InChI=1S/C14H27NOS/c1-11(8-12(2)15-3)13-4-6-16-14(9-13)5-7-17-10-14/h11-13,15H,4-10H2,1-3H3. The van der Waals surface area contributed by atoms with E-state index in [1.165, 1.54) is 37.2 Å². The Morgan fingerprint density at radius 2 is 2.29 bits per heavy atom. The number of rotatable bonds is 4. The van der Waals surface area contributed by atoms with Crippen LogP contribution in [0.3, 0.4) is 0 Å². The average molecular weight is 257 g/mol. The summed E-state index contributed by atoms with van der Waals surface area (Å²) in [5, 5.41) is 3.36. The Labute approximate surface area is 110 Å². The van der Waals surface area contributed by atoms with Crippen LogP contribution >= 0.6 is 11.8 Å². The van der Waals surface area contributed by atoms with Crippen LogP contribution in [-0.4, -0.2) is 36.8 Å². The second-order valence-electron chi connectivity index (χ2n) is 5.99. The molecule has 1 N–H and O–H groups in total. The van der Waals surface area contributed by atoms with Crippen molar-refractivity contribution in [3.8, 4) is 0 Å². The lowest BCUT2D eigenvalue weighted by Gasteiger charge is -2.40. The summed E-state index contributed by atoms with van der Waals surface area (Å²) in [4.78, 5) is 0. The molecule has 2 saturated heterocycles. The zero-order valence-corrected chi connectivity index (χ0v) is 12.3. The van der Waals surface area contributed by atoms with Crippen LogP contribution in [0.4, 0.5) is 0 Å². The van der Waals surface area contributed by atoms with E-state index >= 15 is 0 Å². The largest absolute Gasteiger partial charge is 0.374 e. The summed E-state index contributed by atoms with van der Waals surface area (Å²) in [7, 11) is 2.07. The third-order valence-corrected chi connectivity index (χ3v) is 5.84. The van der Waals surface area contributed by atoms with Gasteiger partial charge in [0.15, 0.2) is 0 Å². The molecule has 0 aromatic carbocycles. The summed E-state index contributed by atoms with van der Waals surface area (Å²) >= 11 is 2.07. The van der Waals surface area contributed by atoms with Crippen LogP contribution in [-0.2, 0) is 4.74 Å². The van der Waals surface area contributed by atoms with Gasteiger partial charge < -0.3 is 10.1 Å². The van der Waals surface area contributed by atoms with Crippen LogP contribution in [0.5, 0.6) is 0 Å². The SMILES string of the molecule is CNC(C)CC(C)C1CCOC2(CCSC2)C1. The van der Waals surface area contributed by atoms with Crippen LogP contribution in [0.2, 0.25) is 0 Å². The first-order chi connectivity index (χ1) is 8.15. The Kier molecular flexibility index (Phi) is 4.79. The molecule has 3 heteroatoms. The molecule has 4 atom stereocenters. The van der Waals surface area contributed by atoms with E-state index in [0.29, 0.717) is 6.04 Å². The molecule has 0 bridgehead atoms. The van der Waals surface area contributed by atoms with Crippen LogP contribution in [0.15, 0.2) is 0 Å². The van der Waals surface area contributed by atoms with E-state index in [0.717, 1.165) is 18.4 Å². The van der Waals surface area contributed by atoms with Crippen LogP contribution < -0.4 is 5.32 Å². The lowest BCUT2D eigenvalue weighted by atomic mass is 9.77. The summed E-state index contributed by atoms with van der Waals surface area (Å²) in [6.45, 7) is 5.71. The van der Waals surface area contributed by atoms with Gasteiger partial charge >= 0.3 is 0 Å². The van der Waals surface area contributed by atoms with Gasteiger partial charge in [-0.2, -0.15) is 11.8 Å². The van der Waals surface area contributed by atoms with Gasteiger partial charge in [-0.3, -0.25) is 0 Å². The lowest BCUT2D eigenvalue weighted by molar-refractivity contribution is -0.0888. The highest BCUT2D eigenvalue weighted by Gasteiger charge is 2.41. The van der Waals surface area contributed by atoms with Crippen molar-refractivity contribution in [1.29, 1.82) is 0 Å². The highest BCUT2D eigenvalue weighted by molar-refractivity contribution is 7.99. The molecule has 2 nitrogen and oxygen atoms in total. The smallest absolute Gasteiger partial charge is 0.0783 e. The van der Waals surface area contributed by atoms with E-state index in [1.807, 2.05) is 0 Å². The molecule has 0 radical (unpaired) electrons. The van der Waals surface area contributed by atoms with E-state index < -0.39 is 0 Å². The summed E-state index contributed by atoms with van der Waals surface area (Å²) < 4.78 is 6.10. The van der Waals surface area contributed by atoms with Crippen molar-refractivity contribution in [2.75, 3.05) is 25.2 Å². The van der Waals surface area contributed by atoms with Crippen molar-refractivity contribution >= 4 is 11.8 Å². The molecular weight excluding hydrogens is 230 g/mol. The quantitative estimate of drug-likeness (QED) is 0.837. The zero-order chi connectivity index (χ0) is 12.3. The highest BCUT2D eigenvalue weighted by atomic mass is 32.2. The fraction of sp³-hybridized carbons (Fsp3) is 1.00. The van der Waals surface area contributed by atoms with E-state index in [1.54, 1.807) is 0 Å². The monoisotopic (exact) mass is 257 g/mol. The first kappa shape index (κ1) is 13.7. The minimum atomic E-state index is 0.255. The second kappa shape index (κ2) is 5.94. The summed E-state index contributed by atoms with van der Waals surface area (Å²) in [6.07, 6.45) is 5.15. The fourth-order valence-corrected chi connectivity index (χ4v) is 4.66. The predicted molar refractivity (Wildman–Crippen MR) is 75.7 cm³/mol. The van der Waals surface area contributed by atoms with E-state index in [-0.39, 0.29) is 5.60 Å². The number of hydrogen-bond donors (Lipinski definition) is 1. The molecule has 0 amide bonds. The first-order valence-corrected chi connectivity index (χ1v) is 8.20. The number of ether oxygens (including phenoxy) is 1. The molecule has 2 rings (SSSR count). The van der Waals surface area contributed by atoms with Crippen molar-refractivity contribution in [3.05, 3.63) is 0 Å². The molecule has 2 heterocycles. The fourth-order valence-electron chi connectivity index (χ4n) is 3.28. The second-order valence-corrected chi connectivity index (χ2v) is 7.09. The molecule has 2 aliphatic rings. The molecule has 0 aromatic rings. The lowest BCUT2D eigenvalue weighted by Crippen LogP contribution is -2.42. The Morgan fingerprint density at radius 3 is 2.94 bits per heavy atom. The third kappa shape index (κ3) is 3.39. The van der Waals surface area contributed by atoms with Crippen LogP contribution in [0.1, 0.15) is 39.5 Å². The molecule has 100 valence electrons. The van der Waals surface area contributed by atoms with Crippen molar-refractivity contribution in [3.63, 3.8) is 0 Å². The van der Waals surface area contributed by atoms with Gasteiger partial charge in [0.25, 0.3) is 0 Å². The normalized spacial score (nSPS) is 37.2. The van der Waals surface area contributed by atoms with Gasteiger partial charge in [-0.1, -0.05) is 6.92 Å². The van der Waals surface area contributed by atoms with Gasteiger partial charge in [-0.25, -0.2) is 0 Å². The maximum absolute atomic E-state index is 6.10. The van der Waals surface area contributed by atoms with Crippen molar-refractivity contribution in [2.24, 2.45) is 11.8 Å². The summed E-state index contributed by atoms with van der Waals surface area (Å²) in [5.41, 5.74) is 0.255. The molecule has 0 aliphatic carbocycles. The molecular formula is C14H27NOS. The first-order valence-electron chi connectivity index (χ1n) is 7.04. The van der Waals surface area contributed by atoms with Gasteiger partial charge in [-0.15, -0.1) is 0 Å². The molecule has 2 fully saturated rings. The van der Waals surface area contributed by atoms with Crippen molar-refractivity contribution in [1.82, 2.24) is 5.32 Å². The minimum Gasteiger partial charge on any atom is -0.374 e. The Bertz CT molecular complexity index is 240. The maximum atomic E-state index is 6.10. The van der Waals surface area contributed by atoms with Crippen molar-refractivity contribution < 1.29 is 4.74 Å². The van der Waals surface area contributed by atoms with E-state index in [2.05, 4.69) is 38.0 Å². The Balaban J connectivity index is 1.88. The van der Waals surface area contributed by atoms with E-state index in [4.69, 9.17) is 4.74 Å². The molecule has 17 heavy (non-hydrogen) atoms. The summed E-state index contributed by atoms with van der Waals surface area (Å²) in [6, 6.07) is 0.641. The van der Waals surface area contributed by atoms with Crippen LogP contribution in [0, 0.1) is 11.8 Å². The molecule has 4 unspecified atom stereocenters. The van der Waals surface area contributed by atoms with E-state index in [9.17, 15) is 0 Å².